The molecule has 0 radical (unpaired) electrons. The minimum atomic E-state index is 0.138. The Morgan fingerprint density at radius 1 is 1.00 bits per heavy atom. The number of unbranched alkanes of at least 4 members (excludes halogenated alkanes) is 1. The number of nitrogens with zero attached hydrogens (tertiary/aromatic N) is 1. The molecule has 0 aliphatic heterocycles. The number of hydrogen-bond acceptors (Lipinski definition) is 1. The van der Waals surface area contributed by atoms with E-state index in [9.17, 15) is 0 Å². The van der Waals surface area contributed by atoms with Gasteiger partial charge in [-0.2, -0.15) is 0 Å². The fourth-order valence-electron chi connectivity index (χ4n) is 3.09. The summed E-state index contributed by atoms with van der Waals surface area (Å²) in [5.41, 5.74) is 2.99. The second kappa shape index (κ2) is 7.66. The first-order valence-electron chi connectivity index (χ1n) is 9.30. The zero-order chi connectivity index (χ0) is 17.0. The van der Waals surface area contributed by atoms with Crippen molar-refractivity contribution in [3.63, 3.8) is 0 Å². The van der Waals surface area contributed by atoms with Gasteiger partial charge in [-0.05, 0) is 19.3 Å². The number of aromatic nitrogens is 2. The van der Waals surface area contributed by atoms with Gasteiger partial charge < -0.3 is 4.98 Å². The van der Waals surface area contributed by atoms with Crippen molar-refractivity contribution in [3.05, 3.63) is 17.2 Å². The molecule has 0 saturated carbocycles. The fraction of sp³-hybridized carbons (Fsp3) is 0.850. The molecule has 0 bridgehead atoms. The Labute approximate surface area is 138 Å². The molecule has 22 heavy (non-hydrogen) atoms. The lowest BCUT2D eigenvalue weighted by Crippen LogP contribution is -2.26. The highest BCUT2D eigenvalue weighted by atomic mass is 15.0. The standard InChI is InChI=1S/C20H38N2/c1-9-12-14-20(7,8)17-16(19(5,6)11-3)21-18(22-17)15(4)13-10-2/h15H,9-14H2,1-8H3,(H,21,22). The zero-order valence-corrected chi connectivity index (χ0v) is 16.3. The van der Waals surface area contributed by atoms with E-state index in [2.05, 4.69) is 60.4 Å². The molecule has 0 amide bonds. The maximum absolute atomic E-state index is 5.09. The molecule has 0 spiro atoms. The van der Waals surface area contributed by atoms with Crippen LogP contribution in [0.15, 0.2) is 0 Å². The van der Waals surface area contributed by atoms with E-state index in [-0.39, 0.29) is 10.8 Å². The molecule has 128 valence electrons. The summed E-state index contributed by atoms with van der Waals surface area (Å²) in [4.78, 5) is 8.83. The van der Waals surface area contributed by atoms with Crippen LogP contribution in [0.4, 0.5) is 0 Å². The van der Waals surface area contributed by atoms with Crippen LogP contribution in [0.25, 0.3) is 0 Å². The molecular formula is C20H38N2. The molecule has 1 aromatic heterocycles. The molecule has 0 saturated heterocycles. The molecule has 2 heteroatoms. The van der Waals surface area contributed by atoms with Crippen molar-refractivity contribution in [1.82, 2.24) is 9.97 Å². The third-order valence-electron chi connectivity index (χ3n) is 5.27. The van der Waals surface area contributed by atoms with Gasteiger partial charge in [0.05, 0.1) is 5.69 Å². The number of aromatic amines is 1. The molecular weight excluding hydrogens is 268 g/mol. The molecule has 1 heterocycles. The number of hydrogen-bond donors (Lipinski definition) is 1. The molecule has 1 aromatic rings. The van der Waals surface area contributed by atoms with Gasteiger partial charge in [0.25, 0.3) is 0 Å². The average Bonchev–Trinajstić information content (AvgIpc) is 2.92. The van der Waals surface area contributed by atoms with Crippen molar-refractivity contribution in [2.24, 2.45) is 0 Å². The third-order valence-corrected chi connectivity index (χ3v) is 5.27. The Balaban J connectivity index is 3.28. The van der Waals surface area contributed by atoms with Gasteiger partial charge in [0.2, 0.25) is 0 Å². The summed E-state index contributed by atoms with van der Waals surface area (Å²) >= 11 is 0. The quantitative estimate of drug-likeness (QED) is 0.556. The van der Waals surface area contributed by atoms with Gasteiger partial charge in [-0.15, -0.1) is 0 Å². The van der Waals surface area contributed by atoms with E-state index < -0.39 is 0 Å². The van der Waals surface area contributed by atoms with E-state index in [0.29, 0.717) is 5.92 Å². The Hall–Kier alpha value is -0.790. The lowest BCUT2D eigenvalue weighted by molar-refractivity contribution is 0.418. The summed E-state index contributed by atoms with van der Waals surface area (Å²) in [7, 11) is 0. The van der Waals surface area contributed by atoms with Gasteiger partial charge in [0.15, 0.2) is 0 Å². The fourth-order valence-corrected chi connectivity index (χ4v) is 3.09. The second-order valence-corrected chi connectivity index (χ2v) is 8.26. The number of nitrogens with one attached hydrogen (secondary N) is 1. The third kappa shape index (κ3) is 4.36. The van der Waals surface area contributed by atoms with Gasteiger partial charge in [-0.25, -0.2) is 4.98 Å². The summed E-state index contributed by atoms with van der Waals surface area (Å²) < 4.78 is 0. The minimum Gasteiger partial charge on any atom is -0.345 e. The maximum atomic E-state index is 5.09. The van der Waals surface area contributed by atoms with E-state index in [1.165, 1.54) is 49.3 Å². The predicted molar refractivity (Wildman–Crippen MR) is 97.8 cm³/mol. The van der Waals surface area contributed by atoms with E-state index in [4.69, 9.17) is 4.98 Å². The van der Waals surface area contributed by atoms with Crippen molar-refractivity contribution < 1.29 is 0 Å². The summed E-state index contributed by atoms with van der Waals surface area (Å²) in [5.74, 6) is 1.71. The van der Waals surface area contributed by atoms with Crippen molar-refractivity contribution in [3.8, 4) is 0 Å². The van der Waals surface area contributed by atoms with Crippen LogP contribution in [0.1, 0.15) is 117 Å². The Morgan fingerprint density at radius 2 is 1.64 bits per heavy atom. The van der Waals surface area contributed by atoms with Crippen molar-refractivity contribution in [2.75, 3.05) is 0 Å². The summed E-state index contributed by atoms with van der Waals surface area (Å²) in [6.07, 6.45) is 7.29. The highest BCUT2D eigenvalue weighted by Crippen LogP contribution is 2.38. The predicted octanol–water partition coefficient (Wildman–Crippen LogP) is 6.47. The number of imidazole rings is 1. The first-order valence-corrected chi connectivity index (χ1v) is 9.30. The van der Waals surface area contributed by atoms with Crippen LogP contribution in [-0.2, 0) is 10.8 Å². The van der Waals surface area contributed by atoms with E-state index >= 15 is 0 Å². The first-order chi connectivity index (χ1) is 10.2. The van der Waals surface area contributed by atoms with Crippen LogP contribution in [-0.4, -0.2) is 9.97 Å². The van der Waals surface area contributed by atoms with Gasteiger partial charge in [-0.1, -0.05) is 74.7 Å². The van der Waals surface area contributed by atoms with Crippen LogP contribution >= 0.6 is 0 Å². The molecule has 2 nitrogen and oxygen atoms in total. The van der Waals surface area contributed by atoms with Gasteiger partial charge in [-0.3, -0.25) is 0 Å². The summed E-state index contributed by atoms with van der Waals surface area (Å²) in [5, 5.41) is 0. The smallest absolute Gasteiger partial charge is 0.109 e. The Bertz CT molecular complexity index is 454. The Kier molecular flexibility index (Phi) is 6.70. The molecule has 1 atom stereocenters. The highest BCUT2D eigenvalue weighted by molar-refractivity contribution is 5.30. The highest BCUT2D eigenvalue weighted by Gasteiger charge is 2.33. The Morgan fingerprint density at radius 3 is 2.14 bits per heavy atom. The zero-order valence-electron chi connectivity index (χ0n) is 16.3. The molecule has 1 N–H and O–H groups in total. The molecule has 0 fully saturated rings. The number of H-pyrrole nitrogens is 1. The molecule has 0 aromatic carbocycles. The summed E-state index contributed by atoms with van der Waals surface area (Å²) in [6.45, 7) is 18.5. The lowest BCUT2D eigenvalue weighted by Gasteiger charge is -2.30. The normalized spacial score (nSPS) is 14.4. The van der Waals surface area contributed by atoms with Crippen LogP contribution in [0.3, 0.4) is 0 Å². The van der Waals surface area contributed by atoms with Crippen molar-refractivity contribution >= 4 is 0 Å². The topological polar surface area (TPSA) is 28.7 Å². The first kappa shape index (κ1) is 19.3. The second-order valence-electron chi connectivity index (χ2n) is 8.26. The van der Waals surface area contributed by atoms with Gasteiger partial charge in [0, 0.05) is 22.4 Å². The minimum absolute atomic E-state index is 0.138. The SMILES string of the molecule is CCCCC(C)(C)c1[nH]c(C(C)CCC)nc1C(C)(C)CC. The van der Waals surface area contributed by atoms with E-state index in [1.54, 1.807) is 0 Å². The molecule has 1 unspecified atom stereocenters. The monoisotopic (exact) mass is 306 g/mol. The lowest BCUT2D eigenvalue weighted by atomic mass is 9.76. The van der Waals surface area contributed by atoms with E-state index in [0.717, 1.165) is 6.42 Å². The largest absolute Gasteiger partial charge is 0.345 e. The van der Waals surface area contributed by atoms with Crippen molar-refractivity contribution in [2.45, 2.75) is 111 Å². The van der Waals surface area contributed by atoms with Crippen LogP contribution in [0.2, 0.25) is 0 Å². The van der Waals surface area contributed by atoms with Crippen molar-refractivity contribution in [1.29, 1.82) is 0 Å². The summed E-state index contributed by atoms with van der Waals surface area (Å²) in [6, 6.07) is 0. The van der Waals surface area contributed by atoms with E-state index in [1.807, 2.05) is 0 Å². The average molecular weight is 307 g/mol. The van der Waals surface area contributed by atoms with Crippen LogP contribution in [0, 0.1) is 0 Å². The van der Waals surface area contributed by atoms with Crippen LogP contribution < -0.4 is 0 Å². The van der Waals surface area contributed by atoms with Gasteiger partial charge >= 0.3 is 0 Å². The maximum Gasteiger partial charge on any atom is 0.109 e. The molecule has 0 aliphatic carbocycles. The molecule has 1 rings (SSSR count). The van der Waals surface area contributed by atoms with Gasteiger partial charge in [0.1, 0.15) is 5.82 Å². The molecule has 0 aliphatic rings. The number of rotatable bonds is 9. The van der Waals surface area contributed by atoms with Crippen LogP contribution in [0.5, 0.6) is 0 Å².